The molecule has 0 aliphatic carbocycles. The van der Waals surface area contributed by atoms with Gasteiger partial charge in [0.2, 0.25) is 35.4 Å². The topological polar surface area (TPSA) is 399 Å². The number of carbonyl (C=O) groups is 7. The summed E-state index contributed by atoms with van der Waals surface area (Å²) in [7, 11) is 0. The maximum absolute atomic E-state index is 13.6. The number of carbonyl (C=O) groups excluding carboxylic acids is 6. The molecule has 6 amide bonds. The van der Waals surface area contributed by atoms with Gasteiger partial charge in [0.1, 0.15) is 36.3 Å². The molecule has 55 heavy (non-hydrogen) atoms. The highest BCUT2D eigenvalue weighted by Crippen LogP contribution is 2.08. The molecular formula is C32H62N14O9. The lowest BCUT2D eigenvalue weighted by molar-refractivity contribution is -0.142. The second-order valence-electron chi connectivity index (χ2n) is 13.6. The lowest BCUT2D eigenvalue weighted by atomic mass is 10.0. The van der Waals surface area contributed by atoms with E-state index in [0.29, 0.717) is 6.42 Å². The van der Waals surface area contributed by atoms with Crippen LogP contribution < -0.4 is 66.1 Å². The van der Waals surface area contributed by atoms with Crippen molar-refractivity contribution in [1.82, 2.24) is 37.3 Å². The van der Waals surface area contributed by atoms with E-state index in [1.165, 1.54) is 13.8 Å². The van der Waals surface area contributed by atoms with Crippen molar-refractivity contribution in [1.29, 1.82) is 0 Å². The molecule has 0 rings (SSSR count). The number of nitrogens with zero attached hydrogens (tertiary/aromatic N) is 2. The average molecular weight is 787 g/mol. The predicted molar refractivity (Wildman–Crippen MR) is 203 cm³/mol. The molecule has 23 nitrogen and oxygen atoms in total. The van der Waals surface area contributed by atoms with Crippen molar-refractivity contribution < 1.29 is 43.8 Å². The van der Waals surface area contributed by atoms with Crippen LogP contribution in [0.2, 0.25) is 0 Å². The van der Waals surface area contributed by atoms with Gasteiger partial charge in [0.05, 0.1) is 12.6 Å². The standard InChI is InChI=1S/C32H62N14O9/c1-15(2)13-21(46-37)27(51)43-20(10-8-12-39-32(35)36)26(50)42-19(9-7-11-38-31(33)34)25(49)40-17(5)24(48)44-22(14-47)28(52)45-23(16(3)4)29(53)41-18(6)30(54)55/h15-23,46-47H,7-14,37H2,1-6H3,(H,40,49)(H,41,53)(H,42,50)(H,43,51)(H,44,48)(H,45,52)(H,54,55)(H4,33,34,38)(H4,35,36,39). The molecule has 0 spiro atoms. The van der Waals surface area contributed by atoms with E-state index >= 15 is 0 Å². The summed E-state index contributed by atoms with van der Waals surface area (Å²) in [6.07, 6.45) is 0.881. The molecular weight excluding hydrogens is 724 g/mol. The Labute approximate surface area is 320 Å². The van der Waals surface area contributed by atoms with Crippen molar-refractivity contribution in [3.63, 3.8) is 0 Å². The number of aliphatic carboxylic acids is 1. The number of hydrogen-bond donors (Lipinski definition) is 14. The van der Waals surface area contributed by atoms with Gasteiger partial charge in [0.15, 0.2) is 11.9 Å². The number of carboxylic acid groups (broad SMARTS) is 1. The summed E-state index contributed by atoms with van der Waals surface area (Å²) in [4.78, 5) is 97.9. The molecule has 0 heterocycles. The number of guanidine groups is 2. The van der Waals surface area contributed by atoms with E-state index in [9.17, 15) is 38.7 Å². The monoisotopic (exact) mass is 786 g/mol. The van der Waals surface area contributed by atoms with Gasteiger partial charge in [0, 0.05) is 13.1 Å². The number of carboxylic acids is 1. The molecule has 0 aliphatic heterocycles. The Morgan fingerprint density at radius 2 is 0.982 bits per heavy atom. The fraction of sp³-hybridized carbons (Fsp3) is 0.719. The summed E-state index contributed by atoms with van der Waals surface area (Å²) in [6, 6.07) is -8.62. The molecule has 0 saturated heterocycles. The number of nitrogens with two attached hydrogens (primary N) is 5. The molecule has 0 bridgehead atoms. The van der Waals surface area contributed by atoms with Crippen LogP contribution >= 0.6 is 0 Å². The highest BCUT2D eigenvalue weighted by Gasteiger charge is 2.33. The van der Waals surface area contributed by atoms with Gasteiger partial charge in [-0.05, 0) is 57.8 Å². The van der Waals surface area contributed by atoms with Crippen molar-refractivity contribution in [2.45, 2.75) is 116 Å². The summed E-state index contributed by atoms with van der Waals surface area (Å²) in [5.41, 5.74) is 24.0. The number of hydrogen-bond acceptors (Lipinski definition) is 12. The Bertz CT molecular complexity index is 1350. The van der Waals surface area contributed by atoms with Gasteiger partial charge < -0.3 is 65.0 Å². The quantitative estimate of drug-likeness (QED) is 0.0128. The Hall–Kier alpha value is -5.29. The minimum Gasteiger partial charge on any atom is -0.480 e. The van der Waals surface area contributed by atoms with Crippen LogP contribution in [0.4, 0.5) is 0 Å². The lowest BCUT2D eigenvalue weighted by Gasteiger charge is -2.27. The van der Waals surface area contributed by atoms with Gasteiger partial charge in [-0.2, -0.15) is 0 Å². The zero-order valence-corrected chi connectivity index (χ0v) is 32.4. The number of aliphatic hydroxyl groups excluding tert-OH is 1. The molecule has 0 radical (unpaired) electrons. The first-order valence-electron chi connectivity index (χ1n) is 17.9. The third-order valence-corrected chi connectivity index (χ3v) is 7.93. The Morgan fingerprint density at radius 3 is 1.38 bits per heavy atom. The van der Waals surface area contributed by atoms with Crippen molar-refractivity contribution in [3.05, 3.63) is 0 Å². The predicted octanol–water partition coefficient (Wildman–Crippen LogP) is -5.35. The molecule has 0 aromatic heterocycles. The Morgan fingerprint density at radius 1 is 0.564 bits per heavy atom. The molecule has 0 aromatic carbocycles. The zero-order chi connectivity index (χ0) is 42.4. The van der Waals surface area contributed by atoms with Crippen molar-refractivity contribution in [2.24, 2.45) is 50.6 Å². The summed E-state index contributed by atoms with van der Waals surface area (Å²) in [5.74, 6) is -1.26. The van der Waals surface area contributed by atoms with Crippen molar-refractivity contribution in [2.75, 3.05) is 19.7 Å². The van der Waals surface area contributed by atoms with E-state index in [1.807, 2.05) is 13.8 Å². The van der Waals surface area contributed by atoms with Gasteiger partial charge in [-0.15, -0.1) is 0 Å². The van der Waals surface area contributed by atoms with E-state index < -0.39 is 96.2 Å². The number of nitrogens with one attached hydrogen (secondary N) is 7. The second kappa shape index (κ2) is 25.7. The van der Waals surface area contributed by atoms with Gasteiger partial charge in [0.25, 0.3) is 0 Å². The summed E-state index contributed by atoms with van der Waals surface area (Å²) in [5, 5.41) is 33.7. The van der Waals surface area contributed by atoms with Crippen LogP contribution in [0.3, 0.4) is 0 Å². The van der Waals surface area contributed by atoms with Gasteiger partial charge in [-0.1, -0.05) is 27.7 Å². The third kappa shape index (κ3) is 20.1. The zero-order valence-electron chi connectivity index (χ0n) is 32.4. The molecule has 7 atom stereocenters. The van der Waals surface area contributed by atoms with Crippen LogP contribution in [-0.4, -0.2) is 126 Å². The number of amides is 6. The van der Waals surface area contributed by atoms with Crippen LogP contribution in [0.1, 0.15) is 73.6 Å². The van der Waals surface area contributed by atoms with Gasteiger partial charge in [-0.25, -0.2) is 5.43 Å². The molecule has 19 N–H and O–H groups in total. The fourth-order valence-electron chi connectivity index (χ4n) is 4.84. The number of hydrazine groups is 1. The molecule has 23 heteroatoms. The highest BCUT2D eigenvalue weighted by molar-refractivity contribution is 5.97. The third-order valence-electron chi connectivity index (χ3n) is 7.93. The lowest BCUT2D eigenvalue weighted by Crippen LogP contribution is -2.60. The Kier molecular flexibility index (Phi) is 23.2. The molecule has 0 aromatic rings. The molecule has 7 unspecified atom stereocenters. The van der Waals surface area contributed by atoms with Crippen LogP contribution in [0.15, 0.2) is 9.98 Å². The summed E-state index contributed by atoms with van der Waals surface area (Å²) < 4.78 is 0. The minimum absolute atomic E-state index is 0.0154. The fourth-order valence-corrected chi connectivity index (χ4v) is 4.84. The first-order valence-corrected chi connectivity index (χ1v) is 17.9. The number of aliphatic hydroxyl groups is 1. The molecule has 314 valence electrons. The molecule has 0 fully saturated rings. The van der Waals surface area contributed by atoms with Gasteiger partial charge in [-0.3, -0.25) is 49.4 Å². The van der Waals surface area contributed by atoms with Crippen LogP contribution in [-0.2, 0) is 33.6 Å². The SMILES string of the molecule is CC(C)CC(NN)C(=O)NC(CCCN=C(N)N)C(=O)NC(CCCN=C(N)N)C(=O)NC(C)C(=O)NC(CO)C(=O)NC(C(=O)NC(C)C(=O)O)C(C)C. The van der Waals surface area contributed by atoms with Crippen LogP contribution in [0.5, 0.6) is 0 Å². The van der Waals surface area contributed by atoms with E-state index in [0.717, 1.165) is 0 Å². The smallest absolute Gasteiger partial charge is 0.325 e. The van der Waals surface area contributed by atoms with E-state index in [4.69, 9.17) is 33.9 Å². The molecule has 0 aliphatic rings. The number of aliphatic imine (C=N–C) groups is 2. The van der Waals surface area contributed by atoms with E-state index in [2.05, 4.69) is 47.3 Å². The Balaban J connectivity index is 6.03. The van der Waals surface area contributed by atoms with Crippen LogP contribution in [0.25, 0.3) is 0 Å². The summed E-state index contributed by atoms with van der Waals surface area (Å²) in [6.45, 7) is 8.83. The van der Waals surface area contributed by atoms with Crippen molar-refractivity contribution in [3.8, 4) is 0 Å². The summed E-state index contributed by atoms with van der Waals surface area (Å²) >= 11 is 0. The van der Waals surface area contributed by atoms with Gasteiger partial charge >= 0.3 is 5.97 Å². The average Bonchev–Trinajstić information content (AvgIpc) is 3.09. The second-order valence-corrected chi connectivity index (χ2v) is 13.6. The number of rotatable bonds is 26. The maximum Gasteiger partial charge on any atom is 0.325 e. The largest absolute Gasteiger partial charge is 0.480 e. The van der Waals surface area contributed by atoms with E-state index in [1.54, 1.807) is 13.8 Å². The van der Waals surface area contributed by atoms with E-state index in [-0.39, 0.29) is 56.6 Å². The first kappa shape index (κ1) is 49.7. The van der Waals surface area contributed by atoms with Crippen LogP contribution in [0, 0.1) is 11.8 Å². The maximum atomic E-state index is 13.6. The normalized spacial score (nSPS) is 14.8. The highest BCUT2D eigenvalue weighted by atomic mass is 16.4. The van der Waals surface area contributed by atoms with Crippen molar-refractivity contribution >= 4 is 53.3 Å². The molecule has 0 saturated carbocycles. The first-order chi connectivity index (χ1) is 25.6. The minimum atomic E-state index is -1.57.